The van der Waals surface area contributed by atoms with Gasteiger partial charge in [0.15, 0.2) is 0 Å². The van der Waals surface area contributed by atoms with Crippen molar-refractivity contribution < 1.29 is 19.1 Å². The van der Waals surface area contributed by atoms with Crippen LogP contribution >= 0.6 is 0 Å². The first-order chi connectivity index (χ1) is 14.9. The topological polar surface area (TPSA) is 84.5 Å². The van der Waals surface area contributed by atoms with E-state index in [1.54, 1.807) is 48.5 Å². The van der Waals surface area contributed by atoms with Gasteiger partial charge in [-0.15, -0.1) is 0 Å². The molecule has 1 atom stereocenters. The number of rotatable bonds is 7. The van der Waals surface area contributed by atoms with Gasteiger partial charge in [-0.1, -0.05) is 66.2 Å². The molecule has 0 saturated heterocycles. The van der Waals surface area contributed by atoms with Crippen LogP contribution < -0.4 is 10.6 Å². The standard InChI is InChI=1S/C25H24N2O4/c1-17-12-14-20(15-13-17)27-25(30)23(19-9-4-3-5-10-19)31-22(28)16-26-24(29)21-11-7-6-8-18(21)2/h3-15,23H,16H2,1-2H3,(H,26,29)(H,27,30). The normalized spacial score (nSPS) is 11.3. The van der Waals surface area contributed by atoms with Crippen molar-refractivity contribution in [2.45, 2.75) is 20.0 Å². The van der Waals surface area contributed by atoms with Gasteiger partial charge < -0.3 is 15.4 Å². The summed E-state index contributed by atoms with van der Waals surface area (Å²) < 4.78 is 5.45. The summed E-state index contributed by atoms with van der Waals surface area (Å²) in [6, 6.07) is 23.1. The van der Waals surface area contributed by atoms with Gasteiger partial charge in [0.2, 0.25) is 6.10 Å². The number of carbonyl (C=O) groups is 3. The average Bonchev–Trinajstić information content (AvgIpc) is 2.78. The fraction of sp³-hybridized carbons (Fsp3) is 0.160. The molecule has 1 unspecified atom stereocenters. The number of benzene rings is 3. The number of nitrogens with one attached hydrogen (secondary N) is 2. The molecule has 0 spiro atoms. The van der Waals surface area contributed by atoms with Gasteiger partial charge in [0.05, 0.1) is 0 Å². The van der Waals surface area contributed by atoms with Crippen molar-refractivity contribution >= 4 is 23.5 Å². The van der Waals surface area contributed by atoms with Crippen molar-refractivity contribution in [1.29, 1.82) is 0 Å². The second-order valence-electron chi connectivity index (χ2n) is 7.13. The second-order valence-corrected chi connectivity index (χ2v) is 7.13. The maximum absolute atomic E-state index is 12.9. The maximum Gasteiger partial charge on any atom is 0.326 e. The molecule has 3 aromatic rings. The summed E-state index contributed by atoms with van der Waals surface area (Å²) in [7, 11) is 0. The maximum atomic E-state index is 12.9. The number of amides is 2. The summed E-state index contributed by atoms with van der Waals surface area (Å²) in [5, 5.41) is 5.31. The Balaban J connectivity index is 1.67. The first-order valence-corrected chi connectivity index (χ1v) is 9.90. The zero-order valence-corrected chi connectivity index (χ0v) is 17.4. The minimum atomic E-state index is -1.15. The molecule has 3 aromatic carbocycles. The molecule has 0 heterocycles. The van der Waals surface area contributed by atoms with Crippen LogP contribution in [0.25, 0.3) is 0 Å². The molecule has 0 aromatic heterocycles. The highest BCUT2D eigenvalue weighted by atomic mass is 16.5. The number of hydrogen-bond donors (Lipinski definition) is 2. The zero-order chi connectivity index (χ0) is 22.2. The van der Waals surface area contributed by atoms with E-state index in [-0.39, 0.29) is 12.5 Å². The average molecular weight is 416 g/mol. The van der Waals surface area contributed by atoms with Crippen LogP contribution in [0, 0.1) is 13.8 Å². The molecular formula is C25H24N2O4. The number of hydrogen-bond acceptors (Lipinski definition) is 4. The second kappa shape index (κ2) is 10.2. The molecule has 0 radical (unpaired) electrons. The van der Waals surface area contributed by atoms with Gasteiger partial charge in [-0.05, 0) is 37.6 Å². The van der Waals surface area contributed by atoms with Crippen LogP contribution in [0.5, 0.6) is 0 Å². The minimum absolute atomic E-state index is 0.353. The lowest BCUT2D eigenvalue weighted by Crippen LogP contribution is -2.34. The fourth-order valence-electron chi connectivity index (χ4n) is 2.99. The molecule has 2 N–H and O–H groups in total. The van der Waals surface area contributed by atoms with Gasteiger partial charge in [-0.25, -0.2) is 0 Å². The molecule has 2 amide bonds. The van der Waals surface area contributed by atoms with Crippen LogP contribution in [0.15, 0.2) is 78.9 Å². The molecule has 6 heteroatoms. The van der Waals surface area contributed by atoms with Gasteiger partial charge in [-0.3, -0.25) is 14.4 Å². The summed E-state index contributed by atoms with van der Waals surface area (Å²) in [4.78, 5) is 37.6. The van der Waals surface area contributed by atoms with Crippen molar-refractivity contribution in [3.63, 3.8) is 0 Å². The number of esters is 1. The minimum Gasteiger partial charge on any atom is -0.446 e. The van der Waals surface area contributed by atoms with Gasteiger partial charge in [0, 0.05) is 16.8 Å². The van der Waals surface area contributed by atoms with E-state index in [4.69, 9.17) is 4.74 Å². The highest BCUT2D eigenvalue weighted by Crippen LogP contribution is 2.20. The highest BCUT2D eigenvalue weighted by molar-refractivity contribution is 5.98. The Labute approximate surface area is 181 Å². The monoisotopic (exact) mass is 416 g/mol. The Morgan fingerprint density at radius 2 is 1.48 bits per heavy atom. The van der Waals surface area contributed by atoms with Gasteiger partial charge in [-0.2, -0.15) is 0 Å². The number of anilines is 1. The third-order valence-corrected chi connectivity index (χ3v) is 4.69. The first-order valence-electron chi connectivity index (χ1n) is 9.90. The van der Waals surface area contributed by atoms with E-state index >= 15 is 0 Å². The van der Waals surface area contributed by atoms with Crippen molar-refractivity contribution in [2.24, 2.45) is 0 Å². The lowest BCUT2D eigenvalue weighted by atomic mass is 10.1. The van der Waals surface area contributed by atoms with E-state index in [1.165, 1.54) is 0 Å². The molecule has 0 saturated carbocycles. The predicted octanol–water partition coefficient (Wildman–Crippen LogP) is 3.96. The number of ether oxygens (including phenoxy) is 1. The molecule has 0 aliphatic carbocycles. The third kappa shape index (κ3) is 6.02. The highest BCUT2D eigenvalue weighted by Gasteiger charge is 2.25. The Bertz CT molecular complexity index is 1060. The molecular weight excluding hydrogens is 392 g/mol. The Morgan fingerprint density at radius 3 is 2.16 bits per heavy atom. The Hall–Kier alpha value is -3.93. The predicted molar refractivity (Wildman–Crippen MR) is 119 cm³/mol. The summed E-state index contributed by atoms with van der Waals surface area (Å²) in [6.45, 7) is 3.41. The van der Waals surface area contributed by atoms with Crippen molar-refractivity contribution in [3.8, 4) is 0 Å². The van der Waals surface area contributed by atoms with Crippen LogP contribution in [0.1, 0.15) is 33.2 Å². The van der Waals surface area contributed by atoms with E-state index in [1.807, 2.05) is 44.2 Å². The van der Waals surface area contributed by atoms with Crippen LogP contribution in [0.2, 0.25) is 0 Å². The molecule has 0 bridgehead atoms. The molecule has 0 aliphatic heterocycles. The van der Waals surface area contributed by atoms with Crippen molar-refractivity contribution in [1.82, 2.24) is 5.32 Å². The molecule has 0 fully saturated rings. The number of carbonyl (C=O) groups excluding carboxylic acids is 3. The van der Waals surface area contributed by atoms with E-state index < -0.39 is 18.0 Å². The van der Waals surface area contributed by atoms with E-state index in [2.05, 4.69) is 10.6 Å². The Kier molecular flexibility index (Phi) is 7.17. The largest absolute Gasteiger partial charge is 0.446 e. The quantitative estimate of drug-likeness (QED) is 0.571. The smallest absolute Gasteiger partial charge is 0.326 e. The van der Waals surface area contributed by atoms with Crippen LogP contribution in [-0.4, -0.2) is 24.3 Å². The fourth-order valence-corrected chi connectivity index (χ4v) is 2.99. The summed E-state index contributed by atoms with van der Waals surface area (Å²) in [5.74, 6) is -1.57. The summed E-state index contributed by atoms with van der Waals surface area (Å²) >= 11 is 0. The van der Waals surface area contributed by atoms with Crippen LogP contribution in [0.3, 0.4) is 0 Å². The van der Waals surface area contributed by atoms with E-state index in [9.17, 15) is 14.4 Å². The van der Waals surface area contributed by atoms with Crippen molar-refractivity contribution in [2.75, 3.05) is 11.9 Å². The van der Waals surface area contributed by atoms with E-state index in [0.29, 0.717) is 16.8 Å². The molecule has 31 heavy (non-hydrogen) atoms. The van der Waals surface area contributed by atoms with E-state index in [0.717, 1.165) is 11.1 Å². The van der Waals surface area contributed by atoms with Crippen molar-refractivity contribution in [3.05, 3.63) is 101 Å². The van der Waals surface area contributed by atoms with Crippen LogP contribution in [-0.2, 0) is 14.3 Å². The van der Waals surface area contributed by atoms with Crippen LogP contribution in [0.4, 0.5) is 5.69 Å². The third-order valence-electron chi connectivity index (χ3n) is 4.69. The van der Waals surface area contributed by atoms with Gasteiger partial charge >= 0.3 is 5.97 Å². The summed E-state index contributed by atoms with van der Waals surface area (Å²) in [6.07, 6.45) is -1.15. The van der Waals surface area contributed by atoms with Gasteiger partial charge in [0.1, 0.15) is 6.54 Å². The lowest BCUT2D eigenvalue weighted by Gasteiger charge is -2.18. The molecule has 158 valence electrons. The SMILES string of the molecule is Cc1ccc(NC(=O)C(OC(=O)CNC(=O)c2ccccc2C)c2ccccc2)cc1. The lowest BCUT2D eigenvalue weighted by molar-refractivity contribution is -0.153. The zero-order valence-electron chi connectivity index (χ0n) is 17.4. The summed E-state index contributed by atoms with van der Waals surface area (Å²) in [5.41, 5.74) is 3.47. The van der Waals surface area contributed by atoms with Gasteiger partial charge in [0.25, 0.3) is 11.8 Å². The molecule has 0 aliphatic rings. The Morgan fingerprint density at radius 1 is 0.839 bits per heavy atom. The molecule has 6 nitrogen and oxygen atoms in total. The number of aryl methyl sites for hydroxylation is 2. The first kappa shape index (κ1) is 21.8. The molecule has 3 rings (SSSR count).